The predicted molar refractivity (Wildman–Crippen MR) is 56.3 cm³/mol. The van der Waals surface area contributed by atoms with Gasteiger partial charge < -0.3 is 4.74 Å². The fraction of sp³-hybridized carbons (Fsp3) is 0.308. The molecule has 2 heteroatoms. The van der Waals surface area contributed by atoms with E-state index in [4.69, 9.17) is 4.74 Å². The maximum Gasteiger partial charge on any atom is 0.316 e. The summed E-state index contributed by atoms with van der Waals surface area (Å²) >= 11 is 0. The van der Waals surface area contributed by atoms with Gasteiger partial charge in [0.25, 0.3) is 0 Å². The van der Waals surface area contributed by atoms with E-state index in [1.807, 2.05) is 30.4 Å². The topological polar surface area (TPSA) is 26.3 Å². The van der Waals surface area contributed by atoms with Crippen LogP contribution in [0.2, 0.25) is 0 Å². The number of rotatable bonds is 1. The summed E-state index contributed by atoms with van der Waals surface area (Å²) < 4.78 is 5.08. The van der Waals surface area contributed by atoms with Crippen molar-refractivity contribution in [1.82, 2.24) is 0 Å². The molecule has 1 fully saturated rings. The third-order valence-corrected chi connectivity index (χ3v) is 3.31. The molecule has 0 radical (unpaired) electrons. The zero-order valence-electron chi connectivity index (χ0n) is 8.35. The fourth-order valence-electron chi connectivity index (χ4n) is 2.37. The number of carbonyl (C=O) groups is 1. The lowest BCUT2D eigenvalue weighted by atomic mass is 9.97. The monoisotopic (exact) mass is 200 g/mol. The number of cyclic esters (lactones) is 1. The quantitative estimate of drug-likeness (QED) is 0.513. The minimum Gasteiger partial charge on any atom is -0.461 e. The summed E-state index contributed by atoms with van der Waals surface area (Å²) in [5, 5.41) is 0. The standard InChI is InChI=1S/C13H12O2/c14-12-13(7-4-8-15-12)9-11(13)10-5-2-1-3-6-10/h1-7,11H,8-9H2/t11-,13+/m1/s1. The van der Waals surface area contributed by atoms with Crippen molar-refractivity contribution in [3.63, 3.8) is 0 Å². The second kappa shape index (κ2) is 2.96. The van der Waals surface area contributed by atoms with Crippen LogP contribution >= 0.6 is 0 Å². The van der Waals surface area contributed by atoms with Crippen LogP contribution in [0.4, 0.5) is 0 Å². The minimum atomic E-state index is -0.334. The molecule has 0 amide bonds. The Kier molecular flexibility index (Phi) is 1.72. The molecule has 2 atom stereocenters. The largest absolute Gasteiger partial charge is 0.461 e. The molecule has 0 N–H and O–H groups in total. The van der Waals surface area contributed by atoms with E-state index in [1.54, 1.807) is 0 Å². The van der Waals surface area contributed by atoms with E-state index in [2.05, 4.69) is 12.1 Å². The Labute approximate surface area is 88.6 Å². The van der Waals surface area contributed by atoms with Gasteiger partial charge in [0, 0.05) is 5.92 Å². The molecule has 3 rings (SSSR count). The highest BCUT2D eigenvalue weighted by Gasteiger charge is 2.60. The van der Waals surface area contributed by atoms with Crippen LogP contribution in [0.1, 0.15) is 17.9 Å². The molecule has 1 aromatic rings. The van der Waals surface area contributed by atoms with Crippen molar-refractivity contribution in [3.05, 3.63) is 48.0 Å². The first kappa shape index (κ1) is 8.72. The van der Waals surface area contributed by atoms with Crippen LogP contribution in [0.5, 0.6) is 0 Å². The summed E-state index contributed by atoms with van der Waals surface area (Å²) in [6, 6.07) is 10.2. The lowest BCUT2D eigenvalue weighted by Gasteiger charge is -2.16. The van der Waals surface area contributed by atoms with E-state index < -0.39 is 0 Å². The first-order valence-corrected chi connectivity index (χ1v) is 5.23. The van der Waals surface area contributed by atoms with Gasteiger partial charge in [0.1, 0.15) is 6.61 Å². The van der Waals surface area contributed by atoms with Crippen LogP contribution in [-0.4, -0.2) is 12.6 Å². The number of esters is 1. The number of ether oxygens (including phenoxy) is 1. The van der Waals surface area contributed by atoms with Gasteiger partial charge in [0.15, 0.2) is 0 Å². The van der Waals surface area contributed by atoms with Crippen molar-refractivity contribution in [2.75, 3.05) is 6.61 Å². The van der Waals surface area contributed by atoms with Crippen LogP contribution in [-0.2, 0) is 9.53 Å². The van der Waals surface area contributed by atoms with E-state index >= 15 is 0 Å². The van der Waals surface area contributed by atoms with Crippen LogP contribution in [0.15, 0.2) is 42.5 Å². The smallest absolute Gasteiger partial charge is 0.316 e. The second-order valence-electron chi connectivity index (χ2n) is 4.21. The highest BCUT2D eigenvalue weighted by atomic mass is 16.5. The molecular weight excluding hydrogens is 188 g/mol. The van der Waals surface area contributed by atoms with E-state index in [1.165, 1.54) is 5.56 Å². The van der Waals surface area contributed by atoms with Crippen molar-refractivity contribution in [3.8, 4) is 0 Å². The first-order chi connectivity index (χ1) is 7.33. The molecule has 0 aromatic heterocycles. The van der Waals surface area contributed by atoms with Crippen molar-refractivity contribution in [2.45, 2.75) is 12.3 Å². The number of hydrogen-bond donors (Lipinski definition) is 0. The molecule has 1 saturated carbocycles. The summed E-state index contributed by atoms with van der Waals surface area (Å²) in [5.41, 5.74) is 0.903. The minimum absolute atomic E-state index is 0.0566. The Hall–Kier alpha value is -1.57. The molecule has 1 aliphatic heterocycles. The third kappa shape index (κ3) is 1.21. The maximum atomic E-state index is 11.7. The summed E-state index contributed by atoms with van der Waals surface area (Å²) in [4.78, 5) is 11.7. The Bertz CT molecular complexity index is 421. The Balaban J connectivity index is 1.92. The fourth-order valence-corrected chi connectivity index (χ4v) is 2.37. The molecule has 0 bridgehead atoms. The van der Waals surface area contributed by atoms with Gasteiger partial charge in [0.2, 0.25) is 0 Å². The second-order valence-corrected chi connectivity index (χ2v) is 4.21. The number of benzene rings is 1. The molecule has 1 spiro atoms. The molecule has 1 aliphatic carbocycles. The van der Waals surface area contributed by atoms with E-state index in [0.717, 1.165) is 6.42 Å². The Morgan fingerprint density at radius 1 is 1.27 bits per heavy atom. The molecule has 0 saturated heterocycles. The van der Waals surface area contributed by atoms with Gasteiger partial charge in [-0.05, 0) is 12.0 Å². The zero-order chi connectivity index (χ0) is 10.3. The Morgan fingerprint density at radius 3 is 2.80 bits per heavy atom. The van der Waals surface area contributed by atoms with Crippen LogP contribution < -0.4 is 0 Å². The zero-order valence-corrected chi connectivity index (χ0v) is 8.35. The molecule has 1 aromatic carbocycles. The molecule has 1 heterocycles. The molecule has 76 valence electrons. The summed E-state index contributed by atoms with van der Waals surface area (Å²) in [6.07, 6.45) is 4.87. The van der Waals surface area contributed by atoms with Gasteiger partial charge in [0.05, 0.1) is 5.41 Å². The van der Waals surface area contributed by atoms with Crippen molar-refractivity contribution >= 4 is 5.97 Å². The van der Waals surface area contributed by atoms with Crippen LogP contribution in [0.25, 0.3) is 0 Å². The van der Waals surface area contributed by atoms with Gasteiger partial charge in [-0.1, -0.05) is 42.5 Å². The van der Waals surface area contributed by atoms with Crippen molar-refractivity contribution in [1.29, 1.82) is 0 Å². The predicted octanol–water partition coefficient (Wildman–Crippen LogP) is 2.27. The average molecular weight is 200 g/mol. The molecule has 2 aliphatic rings. The van der Waals surface area contributed by atoms with Gasteiger partial charge in [-0.15, -0.1) is 0 Å². The molecule has 15 heavy (non-hydrogen) atoms. The molecule has 0 unspecified atom stereocenters. The van der Waals surface area contributed by atoms with Gasteiger partial charge in [-0.25, -0.2) is 0 Å². The van der Waals surface area contributed by atoms with Gasteiger partial charge in [-0.3, -0.25) is 4.79 Å². The number of hydrogen-bond acceptors (Lipinski definition) is 2. The lowest BCUT2D eigenvalue weighted by Crippen LogP contribution is -2.22. The summed E-state index contributed by atoms with van der Waals surface area (Å²) in [6.45, 7) is 0.433. The summed E-state index contributed by atoms with van der Waals surface area (Å²) in [7, 11) is 0. The SMILES string of the molecule is O=C1OCC=C[C@@]12C[C@@H]2c1ccccc1. The third-order valence-electron chi connectivity index (χ3n) is 3.31. The lowest BCUT2D eigenvalue weighted by molar-refractivity contribution is -0.148. The number of carbonyl (C=O) groups excluding carboxylic acids is 1. The van der Waals surface area contributed by atoms with Crippen LogP contribution in [0.3, 0.4) is 0 Å². The van der Waals surface area contributed by atoms with E-state index in [-0.39, 0.29) is 11.4 Å². The average Bonchev–Trinajstić information content (AvgIpc) is 3.00. The van der Waals surface area contributed by atoms with E-state index in [0.29, 0.717) is 12.5 Å². The van der Waals surface area contributed by atoms with Crippen LogP contribution in [0, 0.1) is 5.41 Å². The first-order valence-electron chi connectivity index (χ1n) is 5.23. The Morgan fingerprint density at radius 2 is 2.07 bits per heavy atom. The molecule has 2 nitrogen and oxygen atoms in total. The van der Waals surface area contributed by atoms with Gasteiger partial charge in [-0.2, -0.15) is 0 Å². The van der Waals surface area contributed by atoms with Crippen molar-refractivity contribution in [2.24, 2.45) is 5.41 Å². The highest BCUT2D eigenvalue weighted by molar-refractivity contribution is 5.85. The highest BCUT2D eigenvalue weighted by Crippen LogP contribution is 2.61. The maximum absolute atomic E-state index is 11.7. The van der Waals surface area contributed by atoms with Gasteiger partial charge >= 0.3 is 5.97 Å². The van der Waals surface area contributed by atoms with E-state index in [9.17, 15) is 4.79 Å². The summed E-state index contributed by atoms with van der Waals surface area (Å²) in [5.74, 6) is 0.265. The van der Waals surface area contributed by atoms with Crippen molar-refractivity contribution < 1.29 is 9.53 Å². The molecular formula is C13H12O2. The normalized spacial score (nSPS) is 32.8.